The number of carbonyl (C=O) groups excluding carboxylic acids is 5. The van der Waals surface area contributed by atoms with Crippen molar-refractivity contribution in [1.29, 1.82) is 0 Å². The average Bonchev–Trinajstić information content (AvgIpc) is 3.32. The number of esters is 2. The molecule has 0 aliphatic rings. The van der Waals surface area contributed by atoms with E-state index >= 15 is 0 Å². The molecule has 0 saturated carbocycles. The van der Waals surface area contributed by atoms with Crippen LogP contribution in [0, 0.1) is 0 Å². The van der Waals surface area contributed by atoms with Gasteiger partial charge in [0.15, 0.2) is 24.4 Å². The van der Waals surface area contributed by atoms with Crippen molar-refractivity contribution in [3.8, 4) is 11.5 Å². The van der Waals surface area contributed by atoms with E-state index in [0.29, 0.717) is 85.8 Å². The maximum atomic E-state index is 13.0. The summed E-state index contributed by atoms with van der Waals surface area (Å²) < 4.78 is 29.0. The second kappa shape index (κ2) is 26.4. The number of amides is 2. The molecule has 0 saturated heterocycles. The Labute approximate surface area is 376 Å². The molecule has 2 amide bonds. The highest BCUT2D eigenvalue weighted by Gasteiger charge is 2.13. The first-order chi connectivity index (χ1) is 31.1. The summed E-state index contributed by atoms with van der Waals surface area (Å²) in [4.78, 5) is 78.9. The van der Waals surface area contributed by atoms with Crippen molar-refractivity contribution < 1.29 is 47.7 Å². The van der Waals surface area contributed by atoms with Crippen LogP contribution in [-0.4, -0.2) is 131 Å². The smallest absolute Gasteiger partial charge is 0.307 e. The average molecular weight is 897 g/mol. The number of nitrogens with zero attached hydrogens (tertiary/aromatic N) is 2. The molecule has 340 valence electrons. The fourth-order valence-electron chi connectivity index (χ4n) is 6.47. The zero-order chi connectivity index (χ0) is 45.5. The topological polar surface area (TPSA) is 179 Å². The third-order valence-corrected chi connectivity index (χ3v) is 11.2. The number of fused-ring (bicyclic) bond motifs is 2. The number of benzene rings is 4. The SMILES string of the molecule is CCN(CCNC(=O)COc1ccc(C(=O)c2ccccc2)cc1)CCC(=O)OCCOCCOC(=O)CCN(CC)CCNC(=O)COc1ccc2sc3ccccc3c(=O)c2c1. The van der Waals surface area contributed by atoms with E-state index in [1.165, 1.54) is 11.3 Å². The first kappa shape index (κ1) is 48.8. The van der Waals surface area contributed by atoms with Gasteiger partial charge < -0.3 is 44.1 Å². The quantitative estimate of drug-likeness (QED) is 0.0301. The highest BCUT2D eigenvalue weighted by atomic mass is 32.1. The van der Waals surface area contributed by atoms with Crippen molar-refractivity contribution in [2.75, 3.05) is 92.0 Å². The summed E-state index contributed by atoms with van der Waals surface area (Å²) in [6.07, 6.45) is 0.351. The van der Waals surface area contributed by atoms with E-state index in [1.54, 1.807) is 54.6 Å². The Hall–Kier alpha value is -6.20. The van der Waals surface area contributed by atoms with Crippen LogP contribution in [0.25, 0.3) is 20.2 Å². The zero-order valence-electron chi connectivity index (χ0n) is 36.3. The number of rotatable bonds is 28. The fourth-order valence-corrected chi connectivity index (χ4v) is 7.52. The molecule has 1 aromatic heterocycles. The molecule has 2 N–H and O–H groups in total. The standard InChI is InChI=1S/C48H56N4O11S/c1-3-51(26-22-49-43(53)33-62-37-16-14-36(15-17-37)47(57)35-10-6-5-7-11-35)24-20-45(55)60-30-28-59-29-31-61-46(56)21-25-52(4-2)27-23-50-44(54)34-63-38-18-19-42-40(32-38)48(58)39-12-8-9-13-41(39)64-42/h5-19,32H,3-4,20-31,33-34H2,1-2H3,(H,49,53)(H,50,54). The normalized spacial score (nSPS) is 11.1. The molecule has 0 bridgehead atoms. The second-order valence-electron chi connectivity index (χ2n) is 14.5. The largest absolute Gasteiger partial charge is 0.484 e. The van der Waals surface area contributed by atoms with Gasteiger partial charge in [0.1, 0.15) is 24.7 Å². The van der Waals surface area contributed by atoms with Crippen LogP contribution in [0.2, 0.25) is 0 Å². The maximum absolute atomic E-state index is 13.0. The number of hydrogen-bond donors (Lipinski definition) is 2. The van der Waals surface area contributed by atoms with Gasteiger partial charge in [0.25, 0.3) is 11.8 Å². The molecule has 15 nitrogen and oxygen atoms in total. The van der Waals surface area contributed by atoms with Crippen LogP contribution in [0.15, 0.2) is 102 Å². The van der Waals surface area contributed by atoms with Crippen molar-refractivity contribution in [3.05, 3.63) is 118 Å². The highest BCUT2D eigenvalue weighted by Crippen LogP contribution is 2.27. The van der Waals surface area contributed by atoms with Crippen molar-refractivity contribution in [3.63, 3.8) is 0 Å². The lowest BCUT2D eigenvalue weighted by Gasteiger charge is -2.20. The molecular formula is C48H56N4O11S. The van der Waals surface area contributed by atoms with Crippen LogP contribution < -0.4 is 25.5 Å². The van der Waals surface area contributed by atoms with E-state index in [1.807, 2.05) is 66.1 Å². The van der Waals surface area contributed by atoms with Crippen LogP contribution in [0.3, 0.4) is 0 Å². The Morgan fingerprint density at radius 3 is 1.67 bits per heavy atom. The lowest BCUT2D eigenvalue weighted by atomic mass is 10.0. The summed E-state index contributed by atoms with van der Waals surface area (Å²) in [5.41, 5.74) is 1.06. The minimum Gasteiger partial charge on any atom is -0.484 e. The predicted octanol–water partition coefficient (Wildman–Crippen LogP) is 4.86. The Morgan fingerprint density at radius 2 is 1.08 bits per heavy atom. The van der Waals surface area contributed by atoms with Gasteiger partial charge in [-0.15, -0.1) is 11.3 Å². The Balaban J connectivity index is 0.833. The van der Waals surface area contributed by atoms with E-state index in [2.05, 4.69) is 10.6 Å². The number of nitrogens with one attached hydrogen (secondary N) is 2. The summed E-state index contributed by atoms with van der Waals surface area (Å²) >= 11 is 1.53. The molecule has 0 radical (unpaired) electrons. The number of carbonyl (C=O) groups is 5. The van der Waals surface area contributed by atoms with Crippen LogP contribution in [0.4, 0.5) is 0 Å². The summed E-state index contributed by atoms with van der Waals surface area (Å²) in [5, 5.41) is 6.85. The van der Waals surface area contributed by atoms with E-state index in [9.17, 15) is 28.8 Å². The molecule has 4 aromatic carbocycles. The van der Waals surface area contributed by atoms with Crippen LogP contribution >= 0.6 is 11.3 Å². The van der Waals surface area contributed by atoms with Crippen molar-refractivity contribution in [1.82, 2.24) is 20.4 Å². The molecule has 0 aliphatic heterocycles. The number of ketones is 1. The molecule has 16 heteroatoms. The Bertz CT molecular complexity index is 2360. The van der Waals surface area contributed by atoms with Crippen LogP contribution in [0.5, 0.6) is 11.5 Å². The molecule has 0 aliphatic carbocycles. The van der Waals surface area contributed by atoms with E-state index < -0.39 is 0 Å². The summed E-state index contributed by atoms with van der Waals surface area (Å²) in [5.74, 6) is -0.493. The van der Waals surface area contributed by atoms with Gasteiger partial charge in [0.05, 0.1) is 26.1 Å². The van der Waals surface area contributed by atoms with Gasteiger partial charge in [-0.3, -0.25) is 28.8 Å². The third kappa shape index (κ3) is 16.2. The number of hydrogen-bond acceptors (Lipinski definition) is 14. The predicted molar refractivity (Wildman–Crippen MR) is 245 cm³/mol. The van der Waals surface area contributed by atoms with Gasteiger partial charge in [-0.25, -0.2) is 0 Å². The van der Waals surface area contributed by atoms with E-state index in [0.717, 1.165) is 9.40 Å². The molecule has 0 spiro atoms. The third-order valence-electron chi connectivity index (χ3n) is 10.1. The van der Waals surface area contributed by atoms with Crippen molar-refractivity contribution >= 4 is 61.0 Å². The van der Waals surface area contributed by atoms with Crippen molar-refractivity contribution in [2.45, 2.75) is 26.7 Å². The van der Waals surface area contributed by atoms with Gasteiger partial charge in [-0.2, -0.15) is 0 Å². The lowest BCUT2D eigenvalue weighted by molar-refractivity contribution is -0.147. The molecule has 5 aromatic rings. The van der Waals surface area contributed by atoms with Crippen LogP contribution in [0.1, 0.15) is 42.6 Å². The van der Waals surface area contributed by atoms with Gasteiger partial charge in [0, 0.05) is 70.6 Å². The number of likely N-dealkylation sites (N-methyl/N-ethyl adjacent to an activating group) is 2. The monoisotopic (exact) mass is 896 g/mol. The summed E-state index contributed by atoms with van der Waals surface area (Å²) in [6.45, 7) is 8.11. The lowest BCUT2D eigenvalue weighted by Crippen LogP contribution is -2.37. The number of ether oxygens (including phenoxy) is 5. The molecule has 64 heavy (non-hydrogen) atoms. The van der Waals surface area contributed by atoms with E-state index in [-0.39, 0.29) is 87.4 Å². The molecular weight excluding hydrogens is 841 g/mol. The van der Waals surface area contributed by atoms with Gasteiger partial charge >= 0.3 is 11.9 Å². The molecule has 0 unspecified atom stereocenters. The minimum absolute atomic E-state index is 0.0673. The zero-order valence-corrected chi connectivity index (χ0v) is 37.2. The summed E-state index contributed by atoms with van der Waals surface area (Å²) in [7, 11) is 0. The summed E-state index contributed by atoms with van der Waals surface area (Å²) in [6, 6.07) is 28.4. The molecule has 5 rings (SSSR count). The second-order valence-corrected chi connectivity index (χ2v) is 15.6. The van der Waals surface area contributed by atoms with Crippen molar-refractivity contribution in [2.24, 2.45) is 0 Å². The first-order valence-corrected chi connectivity index (χ1v) is 22.2. The van der Waals surface area contributed by atoms with Crippen LogP contribution in [-0.2, 0) is 33.4 Å². The van der Waals surface area contributed by atoms with Gasteiger partial charge in [-0.1, -0.05) is 56.3 Å². The Kier molecular flexibility index (Phi) is 20.2. The highest BCUT2D eigenvalue weighted by molar-refractivity contribution is 7.24. The maximum Gasteiger partial charge on any atom is 0.307 e. The molecule has 0 fully saturated rings. The van der Waals surface area contributed by atoms with E-state index in [4.69, 9.17) is 23.7 Å². The molecule has 1 heterocycles. The van der Waals surface area contributed by atoms with Gasteiger partial charge in [0.2, 0.25) is 0 Å². The fraction of sp³-hybridized carbons (Fsp3) is 0.375. The first-order valence-electron chi connectivity index (χ1n) is 21.4. The Morgan fingerprint density at radius 1 is 0.562 bits per heavy atom. The minimum atomic E-state index is -0.370. The molecule has 0 atom stereocenters. The van der Waals surface area contributed by atoms with Gasteiger partial charge in [-0.05, 0) is 67.7 Å².